The van der Waals surface area contributed by atoms with Crippen LogP contribution >= 0.6 is 15.9 Å². The highest BCUT2D eigenvalue weighted by Crippen LogP contribution is 2.12. The Morgan fingerprint density at radius 1 is 1.29 bits per heavy atom. The van der Waals surface area contributed by atoms with E-state index in [4.69, 9.17) is 0 Å². The summed E-state index contributed by atoms with van der Waals surface area (Å²) in [6.07, 6.45) is 2.04. The molecular formula is C12H18BrNO2S. The lowest BCUT2D eigenvalue weighted by Gasteiger charge is -2.08. The maximum atomic E-state index is 11.9. The monoisotopic (exact) mass is 319 g/mol. The van der Waals surface area contributed by atoms with Crippen molar-refractivity contribution in [1.82, 2.24) is 4.72 Å². The molecule has 0 spiro atoms. The van der Waals surface area contributed by atoms with Crippen LogP contribution in [-0.2, 0) is 16.4 Å². The van der Waals surface area contributed by atoms with Crippen LogP contribution in [-0.4, -0.2) is 19.8 Å². The van der Waals surface area contributed by atoms with Gasteiger partial charge in [0.15, 0.2) is 0 Å². The predicted octanol–water partition coefficient (Wildman–Crippen LogP) is 2.70. The molecule has 0 aromatic heterocycles. The van der Waals surface area contributed by atoms with Gasteiger partial charge in [-0.3, -0.25) is 0 Å². The van der Waals surface area contributed by atoms with E-state index in [2.05, 4.69) is 27.6 Å². The van der Waals surface area contributed by atoms with Gasteiger partial charge in [-0.25, -0.2) is 13.1 Å². The van der Waals surface area contributed by atoms with Gasteiger partial charge >= 0.3 is 0 Å². The van der Waals surface area contributed by atoms with E-state index in [9.17, 15) is 8.42 Å². The fourth-order valence-corrected chi connectivity index (χ4v) is 2.94. The Morgan fingerprint density at radius 3 is 2.35 bits per heavy atom. The Bertz CT molecular complexity index is 440. The Labute approximate surface area is 112 Å². The van der Waals surface area contributed by atoms with Gasteiger partial charge in [-0.1, -0.05) is 48.3 Å². The van der Waals surface area contributed by atoms with E-state index in [1.54, 1.807) is 12.1 Å². The number of benzene rings is 1. The molecule has 1 aromatic carbocycles. The minimum Gasteiger partial charge on any atom is -0.210 e. The number of alkyl halides is 1. The SMILES string of the molecule is CCCc1ccc(S(=O)(=O)NCC(C)Br)cc1. The Balaban J connectivity index is 2.77. The van der Waals surface area contributed by atoms with Crippen LogP contribution in [0.1, 0.15) is 25.8 Å². The van der Waals surface area contributed by atoms with Crippen molar-refractivity contribution in [2.24, 2.45) is 0 Å². The first-order valence-electron chi connectivity index (χ1n) is 5.68. The molecule has 0 aliphatic carbocycles. The standard InChI is InChI=1S/C12H18BrNO2S/c1-3-4-11-5-7-12(8-6-11)17(15,16)14-9-10(2)13/h5-8,10,14H,3-4,9H2,1-2H3. The summed E-state index contributed by atoms with van der Waals surface area (Å²) in [5.41, 5.74) is 1.17. The molecule has 1 aromatic rings. The normalized spacial score (nSPS) is 13.6. The van der Waals surface area contributed by atoms with Crippen molar-refractivity contribution in [3.8, 4) is 0 Å². The largest absolute Gasteiger partial charge is 0.240 e. The van der Waals surface area contributed by atoms with Crippen LogP contribution in [0.5, 0.6) is 0 Å². The van der Waals surface area contributed by atoms with Gasteiger partial charge in [0.1, 0.15) is 0 Å². The van der Waals surface area contributed by atoms with Crippen LogP contribution in [0.2, 0.25) is 0 Å². The molecule has 1 atom stereocenters. The molecule has 0 saturated heterocycles. The first-order chi connectivity index (χ1) is 7.95. The minimum absolute atomic E-state index is 0.122. The van der Waals surface area contributed by atoms with Gasteiger partial charge in [-0.2, -0.15) is 0 Å². The first kappa shape index (κ1) is 14.7. The van der Waals surface area contributed by atoms with Crippen molar-refractivity contribution in [3.05, 3.63) is 29.8 Å². The van der Waals surface area contributed by atoms with Gasteiger partial charge in [0.25, 0.3) is 0 Å². The molecule has 0 fully saturated rings. The number of halogens is 1. The second-order valence-electron chi connectivity index (χ2n) is 4.03. The molecule has 0 amide bonds. The lowest BCUT2D eigenvalue weighted by molar-refractivity contribution is 0.581. The van der Waals surface area contributed by atoms with Crippen LogP contribution in [0, 0.1) is 0 Å². The summed E-state index contributed by atoms with van der Waals surface area (Å²) >= 11 is 3.30. The van der Waals surface area contributed by atoms with E-state index in [0.29, 0.717) is 11.4 Å². The van der Waals surface area contributed by atoms with Crippen molar-refractivity contribution in [2.45, 2.75) is 36.4 Å². The van der Waals surface area contributed by atoms with E-state index >= 15 is 0 Å². The number of hydrogen-bond acceptors (Lipinski definition) is 2. The molecule has 0 saturated carbocycles. The van der Waals surface area contributed by atoms with Gasteiger partial charge in [-0.05, 0) is 24.1 Å². The minimum atomic E-state index is -3.37. The average molecular weight is 320 g/mol. The molecule has 5 heteroatoms. The molecule has 0 aliphatic heterocycles. The molecular weight excluding hydrogens is 302 g/mol. The predicted molar refractivity (Wildman–Crippen MR) is 74.0 cm³/mol. The molecule has 0 heterocycles. The third-order valence-corrected chi connectivity index (χ3v) is 4.09. The zero-order chi connectivity index (χ0) is 12.9. The summed E-state index contributed by atoms with van der Waals surface area (Å²) in [5, 5.41) is 0. The lowest BCUT2D eigenvalue weighted by atomic mass is 10.1. The van der Waals surface area contributed by atoms with Gasteiger partial charge < -0.3 is 0 Å². The average Bonchev–Trinajstić information content (AvgIpc) is 2.28. The van der Waals surface area contributed by atoms with Crippen molar-refractivity contribution in [2.75, 3.05) is 6.54 Å². The maximum Gasteiger partial charge on any atom is 0.240 e. The molecule has 0 bridgehead atoms. The quantitative estimate of drug-likeness (QED) is 0.819. The summed E-state index contributed by atoms with van der Waals surface area (Å²) < 4.78 is 26.3. The van der Waals surface area contributed by atoms with E-state index < -0.39 is 10.0 Å². The second kappa shape index (κ2) is 6.52. The molecule has 96 valence electrons. The smallest absolute Gasteiger partial charge is 0.210 e. The highest BCUT2D eigenvalue weighted by molar-refractivity contribution is 9.09. The van der Waals surface area contributed by atoms with Crippen LogP contribution in [0.3, 0.4) is 0 Å². The van der Waals surface area contributed by atoms with Crippen LogP contribution in [0.4, 0.5) is 0 Å². The first-order valence-corrected chi connectivity index (χ1v) is 8.08. The van der Waals surface area contributed by atoms with Crippen LogP contribution < -0.4 is 4.72 Å². The number of sulfonamides is 1. The van der Waals surface area contributed by atoms with Gasteiger partial charge in [0, 0.05) is 11.4 Å². The summed E-state index contributed by atoms with van der Waals surface area (Å²) in [6.45, 7) is 4.38. The van der Waals surface area contributed by atoms with E-state index in [-0.39, 0.29) is 4.83 Å². The molecule has 1 rings (SSSR count). The number of hydrogen-bond donors (Lipinski definition) is 1. The summed E-state index contributed by atoms with van der Waals surface area (Å²) in [7, 11) is -3.37. The van der Waals surface area contributed by atoms with Gasteiger partial charge in [-0.15, -0.1) is 0 Å². The Kier molecular flexibility index (Phi) is 5.62. The van der Waals surface area contributed by atoms with Gasteiger partial charge in [0.05, 0.1) is 4.90 Å². The van der Waals surface area contributed by atoms with Crippen molar-refractivity contribution in [3.63, 3.8) is 0 Å². The summed E-state index contributed by atoms with van der Waals surface area (Å²) in [6, 6.07) is 7.06. The van der Waals surface area contributed by atoms with Crippen molar-refractivity contribution in [1.29, 1.82) is 0 Å². The van der Waals surface area contributed by atoms with Crippen molar-refractivity contribution >= 4 is 26.0 Å². The molecule has 3 nitrogen and oxygen atoms in total. The fraction of sp³-hybridized carbons (Fsp3) is 0.500. The summed E-state index contributed by atoms with van der Waals surface area (Å²) in [4.78, 5) is 0.446. The fourth-order valence-electron chi connectivity index (χ4n) is 1.43. The number of nitrogens with one attached hydrogen (secondary N) is 1. The summed E-state index contributed by atoms with van der Waals surface area (Å²) in [5.74, 6) is 0. The van der Waals surface area contributed by atoms with E-state index in [1.807, 2.05) is 19.1 Å². The third kappa shape index (κ3) is 4.77. The van der Waals surface area contributed by atoms with Crippen molar-refractivity contribution < 1.29 is 8.42 Å². The second-order valence-corrected chi connectivity index (χ2v) is 7.36. The zero-order valence-corrected chi connectivity index (χ0v) is 12.5. The molecule has 1 unspecified atom stereocenters. The third-order valence-electron chi connectivity index (χ3n) is 2.33. The molecule has 17 heavy (non-hydrogen) atoms. The number of rotatable bonds is 6. The van der Waals surface area contributed by atoms with E-state index in [0.717, 1.165) is 12.8 Å². The van der Waals surface area contributed by atoms with Gasteiger partial charge in [0.2, 0.25) is 10.0 Å². The van der Waals surface area contributed by atoms with E-state index in [1.165, 1.54) is 5.56 Å². The van der Waals surface area contributed by atoms with Crippen LogP contribution in [0.25, 0.3) is 0 Å². The highest BCUT2D eigenvalue weighted by atomic mass is 79.9. The Morgan fingerprint density at radius 2 is 1.88 bits per heavy atom. The maximum absolute atomic E-state index is 11.9. The Hall–Kier alpha value is -0.390. The lowest BCUT2D eigenvalue weighted by Crippen LogP contribution is -2.28. The highest BCUT2D eigenvalue weighted by Gasteiger charge is 2.13. The van der Waals surface area contributed by atoms with Crippen LogP contribution in [0.15, 0.2) is 29.2 Å². The zero-order valence-electron chi connectivity index (χ0n) is 10.1. The number of aryl methyl sites for hydroxylation is 1. The topological polar surface area (TPSA) is 46.2 Å². The molecule has 0 radical (unpaired) electrons. The molecule has 0 aliphatic rings. The molecule has 1 N–H and O–H groups in total.